The summed E-state index contributed by atoms with van der Waals surface area (Å²) in [6, 6.07) is 21.0. The minimum absolute atomic E-state index is 0.0262. The maximum atomic E-state index is 13.8. The van der Waals surface area contributed by atoms with Gasteiger partial charge in [-0.15, -0.1) is 0 Å². The summed E-state index contributed by atoms with van der Waals surface area (Å²) >= 11 is 0. The minimum atomic E-state index is -1.46. The van der Waals surface area contributed by atoms with Crippen molar-refractivity contribution in [2.45, 2.75) is 0 Å². The summed E-state index contributed by atoms with van der Waals surface area (Å²) in [5.41, 5.74) is 3.51. The first-order valence-corrected chi connectivity index (χ1v) is 8.89. The Kier molecular flexibility index (Phi) is 4.97. The Morgan fingerprint density at radius 1 is 0.655 bits per heavy atom. The second-order valence-corrected chi connectivity index (χ2v) is 6.48. The van der Waals surface area contributed by atoms with Crippen molar-refractivity contribution in [1.82, 2.24) is 0 Å². The van der Waals surface area contributed by atoms with Gasteiger partial charge in [0.25, 0.3) is 0 Å². The minimum Gasteiger partial charge on any atom is -0.497 e. The molecule has 0 aromatic heterocycles. The van der Waals surface area contributed by atoms with E-state index in [2.05, 4.69) is 11.8 Å². The third kappa shape index (κ3) is 3.81. The van der Waals surface area contributed by atoms with Crippen LogP contribution in [0.3, 0.4) is 0 Å². The normalized spacial score (nSPS) is 10.5. The molecule has 0 N–H and O–H groups in total. The van der Waals surface area contributed by atoms with Crippen LogP contribution in [0, 0.1) is 29.3 Å². The summed E-state index contributed by atoms with van der Waals surface area (Å²) in [5.74, 6) is 2.94. The maximum Gasteiger partial charge on any atom is 0.195 e. The van der Waals surface area contributed by atoms with E-state index in [1.807, 2.05) is 48.5 Å². The molecule has 0 aliphatic rings. The Morgan fingerprint density at radius 3 is 1.90 bits per heavy atom. The molecular formula is C25H15F3O. The third-order valence-electron chi connectivity index (χ3n) is 4.63. The second-order valence-electron chi connectivity index (χ2n) is 6.48. The van der Waals surface area contributed by atoms with Crippen molar-refractivity contribution in [3.8, 4) is 28.7 Å². The van der Waals surface area contributed by atoms with E-state index in [9.17, 15) is 13.2 Å². The molecule has 0 aliphatic heterocycles. The highest BCUT2D eigenvalue weighted by Crippen LogP contribution is 2.24. The van der Waals surface area contributed by atoms with Crippen LogP contribution in [0.25, 0.3) is 21.9 Å². The first-order chi connectivity index (χ1) is 14.0. The molecule has 0 bridgehead atoms. The van der Waals surface area contributed by atoms with Gasteiger partial charge in [0.05, 0.1) is 7.11 Å². The first-order valence-electron chi connectivity index (χ1n) is 8.89. The summed E-state index contributed by atoms with van der Waals surface area (Å²) in [6.45, 7) is 0. The molecule has 0 spiro atoms. The Morgan fingerprint density at radius 2 is 1.24 bits per heavy atom. The molecular weight excluding hydrogens is 373 g/mol. The molecule has 0 saturated carbocycles. The molecule has 0 unspecified atom stereocenters. The third-order valence-corrected chi connectivity index (χ3v) is 4.63. The summed E-state index contributed by atoms with van der Waals surface area (Å²) in [5, 5.41) is 0.293. The lowest BCUT2D eigenvalue weighted by Gasteiger charge is -2.04. The van der Waals surface area contributed by atoms with Gasteiger partial charge in [-0.05, 0) is 59.0 Å². The van der Waals surface area contributed by atoms with Gasteiger partial charge in [0, 0.05) is 16.5 Å². The van der Waals surface area contributed by atoms with Gasteiger partial charge in [0.2, 0.25) is 0 Å². The molecule has 0 aliphatic carbocycles. The van der Waals surface area contributed by atoms with Crippen molar-refractivity contribution in [1.29, 1.82) is 0 Å². The lowest BCUT2D eigenvalue weighted by Crippen LogP contribution is -1.92. The monoisotopic (exact) mass is 388 g/mol. The topological polar surface area (TPSA) is 9.23 Å². The van der Waals surface area contributed by atoms with Crippen molar-refractivity contribution in [3.05, 3.63) is 101 Å². The van der Waals surface area contributed by atoms with E-state index in [0.717, 1.165) is 28.5 Å². The van der Waals surface area contributed by atoms with Crippen molar-refractivity contribution in [2.75, 3.05) is 7.11 Å². The highest BCUT2D eigenvalue weighted by Gasteiger charge is 2.13. The molecule has 0 fully saturated rings. The van der Waals surface area contributed by atoms with Crippen molar-refractivity contribution < 1.29 is 17.9 Å². The van der Waals surface area contributed by atoms with Crippen LogP contribution in [-0.2, 0) is 0 Å². The van der Waals surface area contributed by atoms with Gasteiger partial charge in [-0.3, -0.25) is 0 Å². The van der Waals surface area contributed by atoms with Gasteiger partial charge >= 0.3 is 0 Å². The summed E-state index contributed by atoms with van der Waals surface area (Å²) < 4.78 is 45.8. The molecule has 4 heteroatoms. The Labute approximate surface area is 166 Å². The predicted molar refractivity (Wildman–Crippen MR) is 108 cm³/mol. The van der Waals surface area contributed by atoms with E-state index in [-0.39, 0.29) is 10.8 Å². The van der Waals surface area contributed by atoms with E-state index in [4.69, 9.17) is 4.74 Å². The van der Waals surface area contributed by atoms with Crippen molar-refractivity contribution in [3.63, 3.8) is 0 Å². The van der Waals surface area contributed by atoms with Crippen molar-refractivity contribution >= 4 is 10.8 Å². The van der Waals surface area contributed by atoms with E-state index in [1.54, 1.807) is 19.2 Å². The molecule has 0 saturated heterocycles. The predicted octanol–water partition coefficient (Wildman–Crippen LogP) is 6.33. The standard InChI is InChI=1S/C25H15F3O/c1-29-21-11-9-19(10-12-21)18-7-4-16(5-8-18)2-3-17-6-13-22-20(14-17)15-23(26)25(28)24(22)27/h4-15H,1H3. The smallest absolute Gasteiger partial charge is 0.195 e. The Bertz CT molecular complexity index is 1250. The van der Waals surface area contributed by atoms with E-state index in [1.165, 1.54) is 6.07 Å². The van der Waals surface area contributed by atoms with Crippen LogP contribution >= 0.6 is 0 Å². The molecule has 142 valence electrons. The fourth-order valence-electron chi connectivity index (χ4n) is 3.06. The molecule has 4 aromatic carbocycles. The average Bonchev–Trinajstić information content (AvgIpc) is 2.76. The van der Waals surface area contributed by atoms with Crippen LogP contribution in [0.5, 0.6) is 5.75 Å². The lowest BCUT2D eigenvalue weighted by atomic mass is 10.0. The highest BCUT2D eigenvalue weighted by molar-refractivity contribution is 5.84. The van der Waals surface area contributed by atoms with Crippen LogP contribution in [0.1, 0.15) is 11.1 Å². The zero-order valence-electron chi connectivity index (χ0n) is 15.5. The number of benzene rings is 4. The van der Waals surface area contributed by atoms with Gasteiger partial charge in [0.15, 0.2) is 17.5 Å². The maximum absolute atomic E-state index is 13.8. The number of hydrogen-bond donors (Lipinski definition) is 0. The van der Waals surface area contributed by atoms with Gasteiger partial charge < -0.3 is 4.74 Å². The molecule has 0 heterocycles. The zero-order valence-corrected chi connectivity index (χ0v) is 15.5. The summed E-state index contributed by atoms with van der Waals surface area (Å²) in [7, 11) is 1.63. The summed E-state index contributed by atoms with van der Waals surface area (Å²) in [4.78, 5) is 0. The molecule has 4 aromatic rings. The van der Waals surface area contributed by atoms with Gasteiger partial charge in [0.1, 0.15) is 5.75 Å². The van der Waals surface area contributed by atoms with Crippen molar-refractivity contribution in [2.24, 2.45) is 0 Å². The number of halogens is 3. The fraction of sp³-hybridized carbons (Fsp3) is 0.0400. The number of methoxy groups -OCH3 is 1. The number of ether oxygens (including phenoxy) is 1. The highest BCUT2D eigenvalue weighted by atomic mass is 19.2. The molecule has 4 rings (SSSR count). The van der Waals surface area contributed by atoms with Gasteiger partial charge in [-0.25, -0.2) is 13.2 Å². The van der Waals surface area contributed by atoms with E-state index < -0.39 is 17.5 Å². The van der Waals surface area contributed by atoms with Gasteiger partial charge in [-0.2, -0.15) is 0 Å². The zero-order chi connectivity index (χ0) is 20.4. The summed E-state index contributed by atoms with van der Waals surface area (Å²) in [6.07, 6.45) is 0. The molecule has 29 heavy (non-hydrogen) atoms. The number of hydrogen-bond acceptors (Lipinski definition) is 1. The second kappa shape index (κ2) is 7.73. The SMILES string of the molecule is COc1ccc(-c2ccc(C#Cc3ccc4c(F)c(F)c(F)cc4c3)cc2)cc1. The number of rotatable bonds is 2. The molecule has 0 radical (unpaired) electrons. The van der Waals surface area contributed by atoms with Gasteiger partial charge in [-0.1, -0.05) is 42.2 Å². The quantitative estimate of drug-likeness (QED) is 0.288. The Hall–Kier alpha value is -3.71. The van der Waals surface area contributed by atoms with Crippen LogP contribution < -0.4 is 4.74 Å². The molecule has 1 nitrogen and oxygen atoms in total. The Balaban J connectivity index is 1.59. The average molecular weight is 388 g/mol. The fourth-order valence-corrected chi connectivity index (χ4v) is 3.06. The van der Waals surface area contributed by atoms with E-state index in [0.29, 0.717) is 5.56 Å². The molecule has 0 atom stereocenters. The van der Waals surface area contributed by atoms with Crippen LogP contribution in [0.4, 0.5) is 13.2 Å². The largest absolute Gasteiger partial charge is 0.497 e. The number of fused-ring (bicyclic) bond motifs is 1. The van der Waals surface area contributed by atoms with Crippen LogP contribution in [-0.4, -0.2) is 7.11 Å². The van der Waals surface area contributed by atoms with Crippen LogP contribution in [0.15, 0.2) is 72.8 Å². The lowest BCUT2D eigenvalue weighted by molar-refractivity contribution is 0.415. The molecule has 0 amide bonds. The van der Waals surface area contributed by atoms with E-state index >= 15 is 0 Å². The first kappa shape index (κ1) is 18.6. The van der Waals surface area contributed by atoms with Crippen LogP contribution in [0.2, 0.25) is 0 Å².